The van der Waals surface area contributed by atoms with E-state index < -0.39 is 40.5 Å². The van der Waals surface area contributed by atoms with Crippen LogP contribution in [0.25, 0.3) is 33.5 Å². The van der Waals surface area contributed by atoms with Crippen LogP contribution in [0.2, 0.25) is 0 Å². The highest BCUT2D eigenvalue weighted by Crippen LogP contribution is 2.40. The molecule has 1 unspecified atom stereocenters. The number of benzene rings is 2. The number of esters is 1. The van der Waals surface area contributed by atoms with Crippen LogP contribution in [0.5, 0.6) is 0 Å². The van der Waals surface area contributed by atoms with Gasteiger partial charge in [0.15, 0.2) is 11.5 Å². The van der Waals surface area contributed by atoms with Crippen molar-refractivity contribution in [2.45, 2.75) is 52.4 Å². The molecule has 0 bridgehead atoms. The predicted octanol–water partition coefficient (Wildman–Crippen LogP) is 8.06. The highest BCUT2D eigenvalue weighted by molar-refractivity contribution is 5.96. The number of halogens is 3. The van der Waals surface area contributed by atoms with E-state index in [2.05, 4.69) is 10.3 Å². The van der Waals surface area contributed by atoms with E-state index in [1.807, 2.05) is 0 Å². The predicted molar refractivity (Wildman–Crippen MR) is 149 cm³/mol. The third kappa shape index (κ3) is 5.54. The lowest BCUT2D eigenvalue weighted by Gasteiger charge is -2.23. The Morgan fingerprint density at radius 2 is 1.78 bits per heavy atom. The quantitative estimate of drug-likeness (QED) is 0.216. The number of pyridine rings is 1. The fourth-order valence-corrected chi connectivity index (χ4v) is 4.65. The van der Waals surface area contributed by atoms with Crippen LogP contribution >= 0.6 is 0 Å². The van der Waals surface area contributed by atoms with E-state index in [0.717, 1.165) is 0 Å². The second-order valence-electron chi connectivity index (χ2n) is 10.8. The van der Waals surface area contributed by atoms with Gasteiger partial charge in [-0.1, -0.05) is 18.2 Å². The summed E-state index contributed by atoms with van der Waals surface area (Å²) in [5.74, 6) is -1.51. The summed E-state index contributed by atoms with van der Waals surface area (Å²) >= 11 is 0. The van der Waals surface area contributed by atoms with E-state index in [1.54, 1.807) is 65.0 Å². The lowest BCUT2D eigenvalue weighted by molar-refractivity contribution is -0.138. The van der Waals surface area contributed by atoms with Crippen molar-refractivity contribution in [3.63, 3.8) is 0 Å². The minimum absolute atomic E-state index is 0.0306. The largest absolute Gasteiger partial charge is 0.456 e. The van der Waals surface area contributed by atoms with Crippen LogP contribution in [0.4, 0.5) is 18.9 Å². The van der Waals surface area contributed by atoms with Crippen LogP contribution in [0.15, 0.2) is 74.6 Å². The summed E-state index contributed by atoms with van der Waals surface area (Å²) < 4.78 is 60.0. The molecule has 0 saturated heterocycles. The third-order valence-electron chi connectivity index (χ3n) is 6.37. The van der Waals surface area contributed by atoms with Crippen LogP contribution in [-0.4, -0.2) is 16.6 Å². The van der Waals surface area contributed by atoms with Crippen LogP contribution in [0.1, 0.15) is 60.8 Å². The lowest BCUT2D eigenvalue weighted by Crippen LogP contribution is -2.24. The summed E-state index contributed by atoms with van der Waals surface area (Å²) in [5.41, 5.74) is -1.42. The van der Waals surface area contributed by atoms with Crippen molar-refractivity contribution >= 4 is 33.6 Å². The van der Waals surface area contributed by atoms with E-state index in [1.165, 1.54) is 30.6 Å². The van der Waals surface area contributed by atoms with Gasteiger partial charge in [0.25, 0.3) is 0 Å². The van der Waals surface area contributed by atoms with Gasteiger partial charge in [-0.2, -0.15) is 13.2 Å². The summed E-state index contributed by atoms with van der Waals surface area (Å²) in [5, 5.41) is 3.48. The number of furan rings is 1. The van der Waals surface area contributed by atoms with Gasteiger partial charge in [0, 0.05) is 29.0 Å². The molecule has 5 rings (SSSR count). The molecule has 10 heteroatoms. The molecule has 0 aliphatic carbocycles. The molecule has 0 radical (unpaired) electrons. The van der Waals surface area contributed by atoms with Crippen molar-refractivity contribution < 1.29 is 31.5 Å². The Labute approximate surface area is 232 Å². The topological polar surface area (TPSA) is 94.6 Å². The molecule has 3 aromatic heterocycles. The molecule has 1 N–H and O–H groups in total. The molecule has 0 spiro atoms. The minimum atomic E-state index is -5.01. The van der Waals surface area contributed by atoms with Crippen LogP contribution in [-0.2, 0) is 10.9 Å². The van der Waals surface area contributed by atoms with Gasteiger partial charge in [-0.25, -0.2) is 4.79 Å². The van der Waals surface area contributed by atoms with E-state index in [4.69, 9.17) is 13.6 Å². The molecule has 0 aliphatic rings. The Hall–Kier alpha value is -4.60. The maximum absolute atomic E-state index is 14.3. The number of aryl methyl sites for hydroxylation is 1. The first-order chi connectivity index (χ1) is 19.2. The number of carbonyl (C=O) groups excluding carboxylic acids is 1. The van der Waals surface area contributed by atoms with Gasteiger partial charge >= 0.3 is 12.1 Å². The number of aromatic nitrogens is 1. The zero-order chi connectivity index (χ0) is 29.7. The number of hydrogen-bond acceptors (Lipinski definition) is 7. The van der Waals surface area contributed by atoms with E-state index >= 15 is 0 Å². The summed E-state index contributed by atoms with van der Waals surface area (Å²) in [7, 11) is 0. The third-order valence-corrected chi connectivity index (χ3v) is 6.37. The standard InChI is InChI=1S/C31H27F3N2O5/c1-16-12-20(17(2)36-22-9-7-6-8-19(22)29(38)41-30(3,4)5)27-21(13-16)26(37)25(31(32,33)34)28(40-27)24-14-18-15-35-11-10-23(18)39-24/h6-15,17,36H,1-5H3. The molecule has 212 valence electrons. The Morgan fingerprint density at radius 3 is 2.46 bits per heavy atom. The molecule has 0 amide bonds. The van der Waals surface area contributed by atoms with E-state index in [-0.39, 0.29) is 22.3 Å². The number of para-hydroxylation sites is 1. The Balaban J connectivity index is 1.67. The number of rotatable bonds is 5. The molecule has 3 heterocycles. The summed E-state index contributed by atoms with van der Waals surface area (Å²) in [6.07, 6.45) is -2.13. The average Bonchev–Trinajstić information content (AvgIpc) is 3.31. The van der Waals surface area contributed by atoms with Crippen molar-refractivity contribution in [1.82, 2.24) is 4.98 Å². The molecule has 7 nitrogen and oxygen atoms in total. The van der Waals surface area contributed by atoms with Gasteiger partial charge in [0.2, 0.25) is 5.43 Å². The van der Waals surface area contributed by atoms with Gasteiger partial charge in [0.1, 0.15) is 22.3 Å². The Kier molecular flexibility index (Phi) is 6.89. The number of alkyl halides is 3. The van der Waals surface area contributed by atoms with Gasteiger partial charge in [-0.3, -0.25) is 9.78 Å². The van der Waals surface area contributed by atoms with Gasteiger partial charge in [-0.15, -0.1) is 0 Å². The van der Waals surface area contributed by atoms with E-state index in [9.17, 15) is 22.8 Å². The van der Waals surface area contributed by atoms with Crippen molar-refractivity contribution in [2.24, 2.45) is 0 Å². The average molecular weight is 565 g/mol. The monoisotopic (exact) mass is 564 g/mol. The molecule has 0 aliphatic heterocycles. The normalized spacial score (nSPS) is 13.0. The van der Waals surface area contributed by atoms with Crippen LogP contribution < -0.4 is 10.7 Å². The molecular formula is C31H27F3N2O5. The Morgan fingerprint density at radius 1 is 1.05 bits per heavy atom. The number of carbonyl (C=O) groups is 1. The molecule has 1 atom stereocenters. The highest BCUT2D eigenvalue weighted by atomic mass is 19.4. The highest BCUT2D eigenvalue weighted by Gasteiger charge is 2.41. The first-order valence-corrected chi connectivity index (χ1v) is 12.8. The smallest absolute Gasteiger partial charge is 0.423 e. The summed E-state index contributed by atoms with van der Waals surface area (Å²) in [4.78, 5) is 30.3. The second kappa shape index (κ2) is 10.1. The molecule has 0 fully saturated rings. The summed E-state index contributed by atoms with van der Waals surface area (Å²) in [6, 6.07) is 12.1. The van der Waals surface area contributed by atoms with Crippen molar-refractivity contribution in [1.29, 1.82) is 0 Å². The second-order valence-corrected chi connectivity index (χ2v) is 10.8. The Bertz CT molecular complexity index is 1810. The van der Waals surface area contributed by atoms with Crippen molar-refractivity contribution in [2.75, 3.05) is 5.32 Å². The zero-order valence-corrected chi connectivity index (χ0v) is 23.0. The summed E-state index contributed by atoms with van der Waals surface area (Å²) in [6.45, 7) is 8.71. The number of hydrogen-bond donors (Lipinski definition) is 1. The van der Waals surface area contributed by atoms with Gasteiger partial charge in [-0.05, 0) is 70.5 Å². The minimum Gasteiger partial charge on any atom is -0.456 e. The maximum Gasteiger partial charge on any atom is 0.423 e. The molecule has 5 aromatic rings. The number of fused-ring (bicyclic) bond motifs is 2. The van der Waals surface area contributed by atoms with Gasteiger partial charge in [0.05, 0.1) is 17.0 Å². The maximum atomic E-state index is 14.3. The lowest BCUT2D eigenvalue weighted by atomic mass is 9.98. The van der Waals surface area contributed by atoms with Crippen molar-refractivity contribution in [3.05, 3.63) is 93.4 Å². The van der Waals surface area contributed by atoms with Gasteiger partial charge < -0.3 is 18.9 Å². The zero-order valence-electron chi connectivity index (χ0n) is 23.0. The molecular weight excluding hydrogens is 537 g/mol. The first kappa shape index (κ1) is 27.9. The van der Waals surface area contributed by atoms with Crippen molar-refractivity contribution in [3.8, 4) is 11.5 Å². The number of nitrogens with zero attached hydrogens (tertiary/aromatic N) is 1. The fraction of sp³-hybridized carbons (Fsp3) is 0.258. The SMILES string of the molecule is Cc1cc(C(C)Nc2ccccc2C(=O)OC(C)(C)C)c2oc(-c3cc4cnccc4o3)c(C(F)(F)F)c(=O)c2c1. The first-order valence-electron chi connectivity index (χ1n) is 12.8. The number of ether oxygens (including phenoxy) is 1. The van der Waals surface area contributed by atoms with Crippen LogP contribution in [0.3, 0.4) is 0 Å². The number of anilines is 1. The van der Waals surface area contributed by atoms with E-state index in [0.29, 0.717) is 27.8 Å². The van der Waals surface area contributed by atoms with Crippen LogP contribution in [0, 0.1) is 6.92 Å². The molecule has 0 saturated carbocycles. The fourth-order valence-electron chi connectivity index (χ4n) is 4.65. The molecule has 2 aromatic carbocycles. The number of nitrogens with one attached hydrogen (secondary N) is 1. The molecule has 41 heavy (non-hydrogen) atoms.